The Morgan fingerprint density at radius 3 is 2.58 bits per heavy atom. The predicted molar refractivity (Wildman–Crippen MR) is 98.3 cm³/mol. The Morgan fingerprint density at radius 1 is 1.27 bits per heavy atom. The fraction of sp³-hybridized carbons (Fsp3) is 0.529. The number of aromatic nitrogens is 4. The first kappa shape index (κ1) is 18.4. The molecular formula is C17H23ClN6O2. The number of piperidine rings is 1. The minimum atomic E-state index is -0.570. The van der Waals surface area contributed by atoms with Crippen molar-refractivity contribution in [3.05, 3.63) is 28.8 Å². The predicted octanol–water partition coefficient (Wildman–Crippen LogP) is 2.40. The molecule has 1 unspecified atom stereocenters. The molecule has 2 aromatic rings. The number of hydrogen-bond donors (Lipinski definition) is 1. The van der Waals surface area contributed by atoms with Crippen LogP contribution >= 0.6 is 11.6 Å². The molecule has 9 heteroatoms. The number of hydrogen-bond acceptors (Lipinski definition) is 4. The van der Waals surface area contributed by atoms with Crippen molar-refractivity contribution in [3.63, 3.8) is 0 Å². The van der Waals surface area contributed by atoms with Crippen molar-refractivity contribution < 1.29 is 9.59 Å². The summed E-state index contributed by atoms with van der Waals surface area (Å²) < 4.78 is 3.02. The smallest absolute Gasteiger partial charge is 0.274 e. The minimum Gasteiger partial charge on any atom is -0.337 e. The van der Waals surface area contributed by atoms with Crippen LogP contribution in [0, 0.1) is 6.92 Å². The van der Waals surface area contributed by atoms with Crippen LogP contribution in [0.25, 0.3) is 0 Å². The van der Waals surface area contributed by atoms with E-state index in [0.717, 1.165) is 32.4 Å². The van der Waals surface area contributed by atoms with Gasteiger partial charge in [0.25, 0.3) is 5.91 Å². The monoisotopic (exact) mass is 378 g/mol. The van der Waals surface area contributed by atoms with Crippen molar-refractivity contribution in [3.8, 4) is 0 Å². The van der Waals surface area contributed by atoms with Crippen LogP contribution in [-0.4, -0.2) is 49.4 Å². The van der Waals surface area contributed by atoms with E-state index < -0.39 is 6.04 Å². The van der Waals surface area contributed by atoms with Gasteiger partial charge in [-0.2, -0.15) is 10.2 Å². The van der Waals surface area contributed by atoms with Crippen molar-refractivity contribution in [1.82, 2.24) is 24.5 Å². The van der Waals surface area contributed by atoms with Gasteiger partial charge >= 0.3 is 0 Å². The van der Waals surface area contributed by atoms with Gasteiger partial charge in [0, 0.05) is 26.3 Å². The van der Waals surface area contributed by atoms with Crippen molar-refractivity contribution in [2.45, 2.75) is 39.2 Å². The highest BCUT2D eigenvalue weighted by Gasteiger charge is 2.26. The van der Waals surface area contributed by atoms with E-state index in [0.29, 0.717) is 22.1 Å². The second-order valence-electron chi connectivity index (χ2n) is 6.59. The molecule has 3 rings (SSSR count). The van der Waals surface area contributed by atoms with Crippen LogP contribution in [-0.2, 0) is 11.8 Å². The number of aryl methyl sites for hydroxylation is 2. The lowest BCUT2D eigenvalue weighted by Crippen LogP contribution is -2.37. The summed E-state index contributed by atoms with van der Waals surface area (Å²) >= 11 is 6.02. The maximum atomic E-state index is 12.9. The SMILES string of the molecule is Cc1nn(C(C)C(=O)Nc2cnn(C)c2C(=O)N2CCCCC2)cc1Cl. The van der Waals surface area contributed by atoms with Crippen molar-refractivity contribution in [2.24, 2.45) is 7.05 Å². The molecule has 2 aromatic heterocycles. The molecule has 0 bridgehead atoms. The van der Waals surface area contributed by atoms with Gasteiger partial charge in [-0.15, -0.1) is 0 Å². The molecule has 1 aliphatic heterocycles. The first-order valence-corrected chi connectivity index (χ1v) is 9.09. The van der Waals surface area contributed by atoms with Crippen molar-refractivity contribution >= 4 is 29.1 Å². The highest BCUT2D eigenvalue weighted by molar-refractivity contribution is 6.31. The van der Waals surface area contributed by atoms with E-state index >= 15 is 0 Å². The number of nitrogens with one attached hydrogen (secondary N) is 1. The lowest BCUT2D eigenvalue weighted by Gasteiger charge is -2.27. The Morgan fingerprint density at radius 2 is 1.96 bits per heavy atom. The number of carbonyl (C=O) groups excluding carboxylic acids is 2. The summed E-state index contributed by atoms with van der Waals surface area (Å²) in [5.41, 5.74) is 1.46. The largest absolute Gasteiger partial charge is 0.337 e. The summed E-state index contributed by atoms with van der Waals surface area (Å²) in [5, 5.41) is 11.7. The molecule has 2 amide bonds. The van der Waals surface area contributed by atoms with Crippen LogP contribution in [0.1, 0.15) is 48.4 Å². The molecule has 0 saturated carbocycles. The normalized spacial score (nSPS) is 15.8. The Bertz CT molecular complexity index is 802. The van der Waals surface area contributed by atoms with Gasteiger partial charge in [0.15, 0.2) is 0 Å². The molecule has 26 heavy (non-hydrogen) atoms. The molecule has 0 aromatic carbocycles. The summed E-state index contributed by atoms with van der Waals surface area (Å²) in [6, 6.07) is -0.570. The van der Waals surface area contributed by atoms with E-state index in [1.165, 1.54) is 15.6 Å². The second-order valence-corrected chi connectivity index (χ2v) is 7.00. The fourth-order valence-corrected chi connectivity index (χ4v) is 3.18. The minimum absolute atomic E-state index is 0.106. The van der Waals surface area contributed by atoms with Gasteiger partial charge in [-0.25, -0.2) is 0 Å². The zero-order valence-corrected chi connectivity index (χ0v) is 16.0. The van der Waals surface area contributed by atoms with Crippen molar-refractivity contribution in [2.75, 3.05) is 18.4 Å². The topological polar surface area (TPSA) is 85.0 Å². The molecule has 1 atom stereocenters. The Balaban J connectivity index is 1.77. The number of carbonyl (C=O) groups is 2. The van der Waals surface area contributed by atoms with Gasteiger partial charge in [-0.3, -0.25) is 19.0 Å². The Hall–Kier alpha value is -2.35. The first-order chi connectivity index (χ1) is 12.4. The number of rotatable bonds is 4. The third kappa shape index (κ3) is 3.60. The van der Waals surface area contributed by atoms with Crippen LogP contribution in [0.15, 0.2) is 12.4 Å². The third-order valence-corrected chi connectivity index (χ3v) is 5.05. The summed E-state index contributed by atoms with van der Waals surface area (Å²) in [6.07, 6.45) is 6.26. The van der Waals surface area contributed by atoms with Gasteiger partial charge in [-0.1, -0.05) is 11.6 Å². The standard InChI is InChI=1S/C17H23ClN6O2/c1-11-13(18)10-24(21-11)12(2)16(25)20-14-9-19-22(3)15(14)17(26)23-7-5-4-6-8-23/h9-10,12H,4-8H2,1-3H3,(H,20,25). The first-order valence-electron chi connectivity index (χ1n) is 8.72. The van der Waals surface area contributed by atoms with Gasteiger partial charge < -0.3 is 10.2 Å². The van der Waals surface area contributed by atoms with Gasteiger partial charge in [0.2, 0.25) is 5.91 Å². The van der Waals surface area contributed by atoms with Crippen LogP contribution in [0.2, 0.25) is 5.02 Å². The van der Waals surface area contributed by atoms with Crippen LogP contribution in [0.3, 0.4) is 0 Å². The number of likely N-dealkylation sites (tertiary alicyclic amines) is 1. The molecule has 1 N–H and O–H groups in total. The van der Waals surface area contributed by atoms with E-state index in [2.05, 4.69) is 15.5 Å². The maximum Gasteiger partial charge on any atom is 0.274 e. The zero-order valence-electron chi connectivity index (χ0n) is 15.2. The number of anilines is 1. The molecule has 0 aliphatic carbocycles. The number of nitrogens with zero attached hydrogens (tertiary/aromatic N) is 5. The molecule has 1 aliphatic rings. The molecule has 3 heterocycles. The average molecular weight is 379 g/mol. The number of halogens is 1. The number of amides is 2. The molecule has 140 valence electrons. The Kier molecular flexibility index (Phi) is 5.31. The summed E-state index contributed by atoms with van der Waals surface area (Å²) in [7, 11) is 1.70. The maximum absolute atomic E-state index is 12.9. The van der Waals surface area contributed by atoms with Gasteiger partial charge in [-0.05, 0) is 33.1 Å². The second kappa shape index (κ2) is 7.49. The fourth-order valence-electron chi connectivity index (χ4n) is 3.04. The zero-order chi connectivity index (χ0) is 18.8. The van der Waals surface area contributed by atoms with E-state index in [1.807, 2.05) is 4.90 Å². The lowest BCUT2D eigenvalue weighted by atomic mass is 10.1. The van der Waals surface area contributed by atoms with Gasteiger partial charge in [0.1, 0.15) is 11.7 Å². The molecule has 8 nitrogen and oxygen atoms in total. The van der Waals surface area contributed by atoms with E-state index in [9.17, 15) is 9.59 Å². The molecular weight excluding hydrogens is 356 g/mol. The van der Waals surface area contributed by atoms with E-state index in [-0.39, 0.29) is 11.8 Å². The summed E-state index contributed by atoms with van der Waals surface area (Å²) in [6.45, 7) is 4.97. The Labute approximate surface area is 157 Å². The molecule has 0 spiro atoms. The summed E-state index contributed by atoms with van der Waals surface area (Å²) in [4.78, 5) is 27.3. The van der Waals surface area contributed by atoms with Crippen molar-refractivity contribution in [1.29, 1.82) is 0 Å². The summed E-state index contributed by atoms with van der Waals surface area (Å²) in [5.74, 6) is -0.393. The quantitative estimate of drug-likeness (QED) is 0.885. The highest BCUT2D eigenvalue weighted by atomic mass is 35.5. The van der Waals surface area contributed by atoms with E-state index in [1.54, 1.807) is 27.1 Å². The average Bonchev–Trinajstić information content (AvgIpc) is 3.16. The molecule has 1 saturated heterocycles. The third-order valence-electron chi connectivity index (χ3n) is 4.68. The van der Waals surface area contributed by atoms with Crippen LogP contribution in [0.4, 0.5) is 5.69 Å². The van der Waals surface area contributed by atoms with Gasteiger partial charge in [0.05, 0.1) is 22.6 Å². The molecule has 0 radical (unpaired) electrons. The van der Waals surface area contributed by atoms with E-state index in [4.69, 9.17) is 11.6 Å². The highest BCUT2D eigenvalue weighted by Crippen LogP contribution is 2.22. The lowest BCUT2D eigenvalue weighted by molar-refractivity contribution is -0.119. The van der Waals surface area contributed by atoms with Crippen LogP contribution < -0.4 is 5.32 Å². The van der Waals surface area contributed by atoms with Crippen LogP contribution in [0.5, 0.6) is 0 Å². The molecule has 1 fully saturated rings.